The van der Waals surface area contributed by atoms with E-state index in [2.05, 4.69) is 28.3 Å². The maximum Gasteiger partial charge on any atom is 0.0709 e. The smallest absolute Gasteiger partial charge is 0.0709 e. The third-order valence-corrected chi connectivity index (χ3v) is 2.91. The summed E-state index contributed by atoms with van der Waals surface area (Å²) in [5, 5.41) is 7.69. The molecule has 0 amide bonds. The molecule has 1 atom stereocenters. The van der Waals surface area contributed by atoms with Crippen molar-refractivity contribution in [2.24, 2.45) is 0 Å². The summed E-state index contributed by atoms with van der Waals surface area (Å²) in [5.74, 6) is 6.04. The zero-order valence-electron chi connectivity index (χ0n) is 10.3. The maximum absolute atomic E-state index is 4.36. The van der Waals surface area contributed by atoms with Crippen molar-refractivity contribution in [1.82, 2.24) is 14.9 Å². The van der Waals surface area contributed by atoms with Crippen LogP contribution in [0.2, 0.25) is 0 Å². The second-order valence-electron chi connectivity index (χ2n) is 3.94. The molecule has 0 spiro atoms. The first kappa shape index (κ1) is 11.7. The molecule has 17 heavy (non-hydrogen) atoms. The van der Waals surface area contributed by atoms with Gasteiger partial charge in [-0.3, -0.25) is 0 Å². The van der Waals surface area contributed by atoms with Crippen LogP contribution in [-0.4, -0.2) is 16.7 Å². The highest BCUT2D eigenvalue weighted by Crippen LogP contribution is 2.22. The number of hydrogen-bond acceptors (Lipinski definition) is 2. The predicted octanol–water partition coefficient (Wildman–Crippen LogP) is 2.40. The lowest BCUT2D eigenvalue weighted by molar-refractivity contribution is 0.562. The van der Waals surface area contributed by atoms with E-state index < -0.39 is 0 Å². The van der Waals surface area contributed by atoms with E-state index in [1.807, 2.05) is 43.0 Å². The molecule has 0 bridgehead atoms. The molecule has 0 saturated carbocycles. The second-order valence-corrected chi connectivity index (χ2v) is 3.94. The minimum absolute atomic E-state index is 0.316. The number of fused-ring (bicyclic) bond motifs is 1. The molecule has 88 valence electrons. The number of nitrogens with one attached hydrogen (secondary N) is 1. The number of rotatable bonds is 4. The van der Waals surface area contributed by atoms with Crippen LogP contribution in [0.15, 0.2) is 30.6 Å². The SMILES string of the molecule is CC#CCCC(NC)c1cnn2ccccc12. The van der Waals surface area contributed by atoms with Crippen LogP contribution in [0.5, 0.6) is 0 Å². The number of hydrogen-bond donors (Lipinski definition) is 1. The van der Waals surface area contributed by atoms with Gasteiger partial charge in [0.15, 0.2) is 0 Å². The molecule has 1 unspecified atom stereocenters. The Bertz CT molecular complexity index is 545. The largest absolute Gasteiger partial charge is 0.313 e. The van der Waals surface area contributed by atoms with E-state index >= 15 is 0 Å². The molecule has 1 N–H and O–H groups in total. The molecule has 0 aromatic carbocycles. The van der Waals surface area contributed by atoms with Gasteiger partial charge in [-0.2, -0.15) is 5.10 Å². The number of aromatic nitrogens is 2. The quantitative estimate of drug-likeness (QED) is 0.813. The Morgan fingerprint density at radius 2 is 2.35 bits per heavy atom. The number of pyridine rings is 1. The molecule has 2 heterocycles. The highest BCUT2D eigenvalue weighted by molar-refractivity contribution is 5.54. The van der Waals surface area contributed by atoms with Gasteiger partial charge in [0.05, 0.1) is 11.7 Å². The van der Waals surface area contributed by atoms with E-state index in [0.29, 0.717) is 6.04 Å². The molecule has 0 aliphatic carbocycles. The van der Waals surface area contributed by atoms with Crippen molar-refractivity contribution < 1.29 is 0 Å². The van der Waals surface area contributed by atoms with Gasteiger partial charge in [0.25, 0.3) is 0 Å². The molecule has 2 rings (SSSR count). The summed E-state index contributed by atoms with van der Waals surface area (Å²) in [6.07, 6.45) is 5.83. The van der Waals surface area contributed by atoms with Gasteiger partial charge in [0.1, 0.15) is 0 Å². The van der Waals surface area contributed by atoms with E-state index in [1.54, 1.807) is 0 Å². The first-order valence-corrected chi connectivity index (χ1v) is 5.86. The molecular formula is C14H17N3. The normalized spacial score (nSPS) is 12.1. The minimum Gasteiger partial charge on any atom is -0.313 e. The van der Waals surface area contributed by atoms with Gasteiger partial charge >= 0.3 is 0 Å². The Labute approximate surface area is 102 Å². The zero-order valence-corrected chi connectivity index (χ0v) is 10.3. The third kappa shape index (κ3) is 2.48. The summed E-state index contributed by atoms with van der Waals surface area (Å²) in [4.78, 5) is 0. The molecule has 0 radical (unpaired) electrons. The average molecular weight is 227 g/mol. The van der Waals surface area contributed by atoms with Crippen LogP contribution in [-0.2, 0) is 0 Å². The molecular weight excluding hydrogens is 210 g/mol. The summed E-state index contributed by atoms with van der Waals surface area (Å²) in [5.41, 5.74) is 2.40. The summed E-state index contributed by atoms with van der Waals surface area (Å²) in [6, 6.07) is 6.44. The zero-order chi connectivity index (χ0) is 12.1. The van der Waals surface area contributed by atoms with Crippen molar-refractivity contribution >= 4 is 5.52 Å². The summed E-state index contributed by atoms with van der Waals surface area (Å²) >= 11 is 0. The van der Waals surface area contributed by atoms with Crippen LogP contribution in [0.25, 0.3) is 5.52 Å². The molecule has 0 aliphatic rings. The second kappa shape index (κ2) is 5.51. The van der Waals surface area contributed by atoms with Gasteiger partial charge in [0, 0.05) is 24.2 Å². The van der Waals surface area contributed by atoms with Crippen LogP contribution in [0.3, 0.4) is 0 Å². The lowest BCUT2D eigenvalue weighted by Gasteiger charge is -2.13. The standard InChI is InChI=1S/C14H17N3/c1-3-4-5-8-13(15-2)12-11-16-17-10-7-6-9-14(12)17/h6-7,9-11,13,15H,5,8H2,1-2H3. The molecule has 0 saturated heterocycles. The highest BCUT2D eigenvalue weighted by Gasteiger charge is 2.13. The van der Waals surface area contributed by atoms with E-state index in [1.165, 1.54) is 5.56 Å². The predicted molar refractivity (Wildman–Crippen MR) is 69.7 cm³/mol. The first-order valence-electron chi connectivity index (χ1n) is 5.86. The number of nitrogens with zero attached hydrogens (tertiary/aromatic N) is 2. The Hall–Kier alpha value is -1.79. The lowest BCUT2D eigenvalue weighted by atomic mass is 10.0. The van der Waals surface area contributed by atoms with Gasteiger partial charge in [0.2, 0.25) is 0 Å². The van der Waals surface area contributed by atoms with Crippen molar-refractivity contribution in [2.75, 3.05) is 7.05 Å². The van der Waals surface area contributed by atoms with Crippen LogP contribution in [0.1, 0.15) is 31.4 Å². The van der Waals surface area contributed by atoms with Gasteiger partial charge < -0.3 is 5.32 Å². The Balaban J connectivity index is 2.25. The molecule has 3 nitrogen and oxygen atoms in total. The van der Waals surface area contributed by atoms with E-state index in [9.17, 15) is 0 Å². The average Bonchev–Trinajstić information content (AvgIpc) is 2.79. The molecule has 0 aliphatic heterocycles. The van der Waals surface area contributed by atoms with Crippen LogP contribution < -0.4 is 5.32 Å². The van der Waals surface area contributed by atoms with Gasteiger partial charge in [-0.15, -0.1) is 11.8 Å². The van der Waals surface area contributed by atoms with Crippen LogP contribution in [0, 0.1) is 11.8 Å². The first-order chi connectivity index (χ1) is 8.36. The van der Waals surface area contributed by atoms with E-state index in [4.69, 9.17) is 0 Å². The summed E-state index contributed by atoms with van der Waals surface area (Å²) in [7, 11) is 1.98. The molecule has 0 fully saturated rings. The highest BCUT2D eigenvalue weighted by atomic mass is 15.2. The van der Waals surface area contributed by atoms with Crippen molar-refractivity contribution in [2.45, 2.75) is 25.8 Å². The molecule has 2 aromatic rings. The van der Waals surface area contributed by atoms with Crippen LogP contribution >= 0.6 is 0 Å². The summed E-state index contributed by atoms with van der Waals surface area (Å²) < 4.78 is 1.91. The molecule has 2 aromatic heterocycles. The Morgan fingerprint density at radius 1 is 1.47 bits per heavy atom. The monoisotopic (exact) mass is 227 g/mol. The van der Waals surface area contributed by atoms with Crippen molar-refractivity contribution in [3.8, 4) is 11.8 Å². The van der Waals surface area contributed by atoms with Crippen molar-refractivity contribution in [3.63, 3.8) is 0 Å². The minimum atomic E-state index is 0.316. The fraction of sp³-hybridized carbons (Fsp3) is 0.357. The lowest BCUT2D eigenvalue weighted by Crippen LogP contribution is -2.15. The van der Waals surface area contributed by atoms with Crippen molar-refractivity contribution in [3.05, 3.63) is 36.2 Å². The van der Waals surface area contributed by atoms with Gasteiger partial charge in [-0.05, 0) is 32.5 Å². The third-order valence-electron chi connectivity index (χ3n) is 2.91. The Kier molecular flexibility index (Phi) is 3.79. The van der Waals surface area contributed by atoms with Gasteiger partial charge in [-0.1, -0.05) is 6.07 Å². The summed E-state index contributed by atoms with van der Waals surface area (Å²) in [6.45, 7) is 1.88. The maximum atomic E-state index is 4.36. The fourth-order valence-corrected chi connectivity index (χ4v) is 2.02. The topological polar surface area (TPSA) is 29.3 Å². The van der Waals surface area contributed by atoms with Gasteiger partial charge in [-0.25, -0.2) is 4.52 Å². The van der Waals surface area contributed by atoms with E-state index in [-0.39, 0.29) is 0 Å². The van der Waals surface area contributed by atoms with Crippen molar-refractivity contribution in [1.29, 1.82) is 0 Å². The van der Waals surface area contributed by atoms with E-state index in [0.717, 1.165) is 18.4 Å². The van der Waals surface area contributed by atoms with Crippen LogP contribution in [0.4, 0.5) is 0 Å². The fourth-order valence-electron chi connectivity index (χ4n) is 2.02. The Morgan fingerprint density at radius 3 is 3.12 bits per heavy atom. The molecule has 3 heteroatoms.